The van der Waals surface area contributed by atoms with Gasteiger partial charge in [0.1, 0.15) is 11.5 Å². The number of halogens is 1. The predicted octanol–water partition coefficient (Wildman–Crippen LogP) is 6.03. The van der Waals surface area contributed by atoms with Gasteiger partial charge in [-0.05, 0) is 66.4 Å². The van der Waals surface area contributed by atoms with Crippen LogP contribution in [0, 0.1) is 6.92 Å². The Labute approximate surface area is 179 Å². The van der Waals surface area contributed by atoms with Gasteiger partial charge in [-0.3, -0.25) is 4.72 Å². The molecule has 1 aliphatic rings. The van der Waals surface area contributed by atoms with Gasteiger partial charge in [0.05, 0.1) is 29.3 Å². The topological polar surface area (TPSA) is 54.9 Å². The van der Waals surface area contributed by atoms with E-state index < -0.39 is 0 Å². The zero-order valence-corrected chi connectivity index (χ0v) is 17.6. The standard InChI is InChI=1S/C22H20ClN3O2S/c1-14-10-19(28-18-9-4-3-8-17(18)23)21-20(11-14)29-26-22(25-21)24-13-15-6-5-7-16(12-15)27-2/h3-12H,13H2,1-2H3,(H2,24,25,26). The van der Waals surface area contributed by atoms with E-state index in [1.165, 1.54) is 11.9 Å². The molecule has 0 fully saturated rings. The number of anilines is 1. The second kappa shape index (κ2) is 8.68. The van der Waals surface area contributed by atoms with E-state index in [-0.39, 0.29) is 0 Å². The molecule has 0 bridgehead atoms. The van der Waals surface area contributed by atoms with Crippen LogP contribution in [0.3, 0.4) is 0 Å². The van der Waals surface area contributed by atoms with E-state index in [0.29, 0.717) is 29.0 Å². The van der Waals surface area contributed by atoms with E-state index in [0.717, 1.165) is 27.5 Å². The molecule has 0 saturated heterocycles. The maximum absolute atomic E-state index is 6.27. The molecular weight excluding hydrogens is 406 g/mol. The van der Waals surface area contributed by atoms with Crippen molar-refractivity contribution in [1.29, 1.82) is 0 Å². The number of hydrogen-bond acceptors (Lipinski definition) is 4. The molecule has 1 aliphatic heterocycles. The number of hydrogen-bond donors (Lipinski definition) is 2. The fourth-order valence-electron chi connectivity index (χ4n) is 2.91. The van der Waals surface area contributed by atoms with Crippen molar-refractivity contribution in [3.8, 4) is 17.2 Å². The predicted molar refractivity (Wildman–Crippen MR) is 119 cm³/mol. The number of benzene rings is 3. The molecule has 0 amide bonds. The third-order valence-corrected chi connectivity index (χ3v) is 5.47. The van der Waals surface area contributed by atoms with E-state index >= 15 is 0 Å². The number of guanidine groups is 1. The van der Waals surface area contributed by atoms with Crippen LogP contribution in [-0.2, 0) is 6.54 Å². The van der Waals surface area contributed by atoms with E-state index in [2.05, 4.69) is 21.1 Å². The van der Waals surface area contributed by atoms with Crippen molar-refractivity contribution < 1.29 is 9.47 Å². The Kier molecular flexibility index (Phi) is 5.83. The number of ether oxygens (including phenoxy) is 2. The van der Waals surface area contributed by atoms with Gasteiger partial charge in [-0.25, -0.2) is 4.99 Å². The zero-order chi connectivity index (χ0) is 20.2. The smallest absolute Gasteiger partial charge is 0.206 e. The number of rotatable bonds is 5. The molecule has 0 atom stereocenters. The fourth-order valence-corrected chi connectivity index (χ4v) is 3.91. The van der Waals surface area contributed by atoms with Crippen LogP contribution >= 0.6 is 23.5 Å². The number of aliphatic imine (C=N–C) groups is 1. The quantitative estimate of drug-likeness (QED) is 0.489. The van der Waals surface area contributed by atoms with Crippen molar-refractivity contribution in [2.75, 3.05) is 12.4 Å². The molecule has 5 nitrogen and oxygen atoms in total. The molecule has 148 valence electrons. The Balaban J connectivity index is 1.58. The van der Waals surface area contributed by atoms with Gasteiger partial charge in [-0.1, -0.05) is 35.9 Å². The summed E-state index contributed by atoms with van der Waals surface area (Å²) in [5.41, 5.74) is 3.02. The lowest BCUT2D eigenvalue weighted by Gasteiger charge is -2.23. The fraction of sp³-hybridized carbons (Fsp3) is 0.136. The zero-order valence-electron chi connectivity index (χ0n) is 16.0. The highest BCUT2D eigenvalue weighted by atomic mass is 35.5. The van der Waals surface area contributed by atoms with Gasteiger partial charge in [0, 0.05) is 0 Å². The maximum Gasteiger partial charge on any atom is 0.206 e. The molecular formula is C22H20ClN3O2S. The Hall–Kier alpha value is -2.83. The number of fused-ring (bicyclic) bond motifs is 1. The van der Waals surface area contributed by atoms with Gasteiger partial charge in [0.15, 0.2) is 5.75 Å². The first-order valence-corrected chi connectivity index (χ1v) is 10.3. The van der Waals surface area contributed by atoms with Crippen LogP contribution in [-0.4, -0.2) is 13.1 Å². The largest absolute Gasteiger partial charge is 0.497 e. The van der Waals surface area contributed by atoms with Gasteiger partial charge < -0.3 is 14.8 Å². The summed E-state index contributed by atoms with van der Waals surface area (Å²) < 4.78 is 14.6. The summed E-state index contributed by atoms with van der Waals surface area (Å²) in [7, 11) is 1.66. The number of methoxy groups -OCH3 is 1. The van der Waals surface area contributed by atoms with Crippen molar-refractivity contribution in [3.63, 3.8) is 0 Å². The van der Waals surface area contributed by atoms with E-state index in [1.54, 1.807) is 7.11 Å². The van der Waals surface area contributed by atoms with Gasteiger partial charge in [0.25, 0.3) is 0 Å². The molecule has 2 N–H and O–H groups in total. The lowest BCUT2D eigenvalue weighted by atomic mass is 10.2. The van der Waals surface area contributed by atoms with E-state index in [1.807, 2.05) is 61.5 Å². The molecule has 0 radical (unpaired) electrons. The number of nitrogens with one attached hydrogen (secondary N) is 2. The normalized spacial score (nSPS) is 14.0. The molecule has 0 saturated carbocycles. The van der Waals surface area contributed by atoms with E-state index in [4.69, 9.17) is 21.1 Å². The molecule has 1 heterocycles. The number of para-hydroxylation sites is 1. The first-order valence-electron chi connectivity index (χ1n) is 9.06. The summed E-state index contributed by atoms with van der Waals surface area (Å²) in [6, 6.07) is 19.4. The van der Waals surface area contributed by atoms with Crippen molar-refractivity contribution >= 4 is 35.2 Å². The van der Waals surface area contributed by atoms with Gasteiger partial charge in [-0.2, -0.15) is 0 Å². The van der Waals surface area contributed by atoms with Crippen LogP contribution in [0.15, 0.2) is 70.6 Å². The summed E-state index contributed by atoms with van der Waals surface area (Å²) >= 11 is 7.77. The van der Waals surface area contributed by atoms with Crippen LogP contribution in [0.25, 0.3) is 0 Å². The second-order valence-corrected chi connectivity index (χ2v) is 7.77. The number of aryl methyl sites for hydroxylation is 1. The molecule has 3 aromatic rings. The summed E-state index contributed by atoms with van der Waals surface area (Å²) in [4.78, 5) is 5.69. The van der Waals surface area contributed by atoms with Crippen molar-refractivity contribution in [2.45, 2.75) is 18.4 Å². The lowest BCUT2D eigenvalue weighted by molar-refractivity contribution is 0.414. The van der Waals surface area contributed by atoms with Crippen molar-refractivity contribution in [1.82, 2.24) is 4.72 Å². The van der Waals surface area contributed by atoms with Gasteiger partial charge in [0.2, 0.25) is 5.96 Å². The minimum atomic E-state index is 0.523. The molecule has 29 heavy (non-hydrogen) atoms. The van der Waals surface area contributed by atoms with E-state index in [9.17, 15) is 0 Å². The molecule has 7 heteroatoms. The summed E-state index contributed by atoms with van der Waals surface area (Å²) in [6.45, 7) is 2.56. The first-order chi connectivity index (χ1) is 14.1. The molecule has 0 aromatic heterocycles. The maximum atomic E-state index is 6.27. The molecule has 4 rings (SSSR count). The number of nitrogens with zero attached hydrogens (tertiary/aromatic N) is 1. The van der Waals surface area contributed by atoms with Crippen molar-refractivity contribution in [2.24, 2.45) is 4.99 Å². The highest BCUT2D eigenvalue weighted by Crippen LogP contribution is 2.41. The molecule has 0 aliphatic carbocycles. The minimum absolute atomic E-state index is 0.523. The highest BCUT2D eigenvalue weighted by molar-refractivity contribution is 7.98. The van der Waals surface area contributed by atoms with Crippen LogP contribution < -0.4 is 19.5 Å². The van der Waals surface area contributed by atoms with Gasteiger partial charge in [-0.15, -0.1) is 0 Å². The molecule has 0 unspecified atom stereocenters. The summed E-state index contributed by atoms with van der Waals surface area (Å²) in [5, 5.41) is 3.92. The second-order valence-electron chi connectivity index (χ2n) is 6.51. The molecule has 0 spiro atoms. The molecule has 3 aromatic carbocycles. The first kappa shape index (κ1) is 19.5. The van der Waals surface area contributed by atoms with Crippen LogP contribution in [0.5, 0.6) is 17.2 Å². The average Bonchev–Trinajstić information content (AvgIpc) is 2.74. The summed E-state index contributed by atoms with van der Waals surface area (Å²) in [5.74, 6) is 2.80. The summed E-state index contributed by atoms with van der Waals surface area (Å²) in [6.07, 6.45) is 0. The average molecular weight is 426 g/mol. The third-order valence-electron chi connectivity index (χ3n) is 4.32. The van der Waals surface area contributed by atoms with Crippen molar-refractivity contribution in [3.05, 3.63) is 76.8 Å². The Bertz CT molecular complexity index is 1070. The third kappa shape index (κ3) is 4.60. The Morgan fingerprint density at radius 2 is 1.90 bits per heavy atom. The van der Waals surface area contributed by atoms with Crippen LogP contribution in [0.4, 0.5) is 5.69 Å². The minimum Gasteiger partial charge on any atom is -0.497 e. The Morgan fingerprint density at radius 3 is 2.72 bits per heavy atom. The SMILES string of the molecule is COc1cccc(CN=C2NSc3cc(C)cc(Oc4ccccc4Cl)c3N2)c1. The van der Waals surface area contributed by atoms with Gasteiger partial charge >= 0.3 is 0 Å². The highest BCUT2D eigenvalue weighted by Gasteiger charge is 2.20. The lowest BCUT2D eigenvalue weighted by Crippen LogP contribution is -2.29. The van der Waals surface area contributed by atoms with Crippen LogP contribution in [0.2, 0.25) is 5.02 Å². The Morgan fingerprint density at radius 1 is 1.03 bits per heavy atom. The van der Waals surface area contributed by atoms with Crippen LogP contribution in [0.1, 0.15) is 11.1 Å². The monoisotopic (exact) mass is 425 g/mol.